The molecule has 180 valence electrons. The van der Waals surface area contributed by atoms with Crippen LogP contribution in [0.1, 0.15) is 0 Å². The van der Waals surface area contributed by atoms with Crippen molar-refractivity contribution in [2.45, 2.75) is 0 Å². The van der Waals surface area contributed by atoms with Gasteiger partial charge in [0.2, 0.25) is 5.65 Å². The Hall–Kier alpha value is -4.37. The smallest absolute Gasteiger partial charge is 0.305 e. The molecule has 0 radical (unpaired) electrons. The van der Waals surface area contributed by atoms with Crippen LogP contribution in [0.5, 0.6) is 0 Å². The molecular formula is C34H21IrN3+. The SMILES string of the molecule is [Ir+3].[c-]1ccccc1-c1[c-][n+]2c3ccccc3n3c4ccccc4c(c1)c32.[c-]1ccccc1-c1ccccn1. The maximum atomic E-state index is 4.22. The molecule has 0 unspecified atom stereocenters. The number of rotatable bonds is 2. The molecule has 3 nitrogen and oxygen atoms in total. The van der Waals surface area contributed by atoms with Gasteiger partial charge in [0, 0.05) is 17.8 Å². The fourth-order valence-electron chi connectivity index (χ4n) is 5.00. The summed E-state index contributed by atoms with van der Waals surface area (Å²) in [6.07, 6.45) is 5.38. The molecule has 38 heavy (non-hydrogen) atoms. The summed E-state index contributed by atoms with van der Waals surface area (Å²) in [6.45, 7) is 0. The van der Waals surface area contributed by atoms with Crippen LogP contribution in [0, 0.1) is 18.3 Å². The van der Waals surface area contributed by atoms with Crippen molar-refractivity contribution in [1.29, 1.82) is 0 Å². The van der Waals surface area contributed by atoms with Gasteiger partial charge in [-0.3, -0.25) is 4.40 Å². The summed E-state index contributed by atoms with van der Waals surface area (Å²) in [5.74, 6) is 0. The Morgan fingerprint density at radius 2 is 1.29 bits per heavy atom. The minimum Gasteiger partial charge on any atom is -0.305 e. The topological polar surface area (TPSA) is 21.4 Å². The fraction of sp³-hybridized carbons (Fsp3) is 0. The van der Waals surface area contributed by atoms with Gasteiger partial charge in [0.25, 0.3) is 0 Å². The Labute approximate surface area is 234 Å². The first-order valence-corrected chi connectivity index (χ1v) is 12.2. The number of benzene rings is 4. The molecule has 0 N–H and O–H groups in total. The number of imidazole rings is 1. The van der Waals surface area contributed by atoms with E-state index in [1.54, 1.807) is 6.20 Å². The zero-order chi connectivity index (χ0) is 24.6. The maximum Gasteiger partial charge on any atom is 3.00 e. The first kappa shape index (κ1) is 24.0. The van der Waals surface area contributed by atoms with Crippen LogP contribution in [0.3, 0.4) is 0 Å². The van der Waals surface area contributed by atoms with Crippen molar-refractivity contribution in [3.05, 3.63) is 146 Å². The predicted molar refractivity (Wildman–Crippen MR) is 148 cm³/mol. The van der Waals surface area contributed by atoms with E-state index in [2.05, 4.69) is 92.8 Å². The molecule has 0 bridgehead atoms. The van der Waals surface area contributed by atoms with Gasteiger partial charge in [-0.2, -0.15) is 29.8 Å². The van der Waals surface area contributed by atoms with Crippen LogP contribution in [-0.2, 0) is 20.1 Å². The Balaban J connectivity index is 0.000000172. The van der Waals surface area contributed by atoms with Gasteiger partial charge in [0.15, 0.2) is 0 Å². The standard InChI is InChI=1S/C23H13N2.C11H8N.Ir/c1-2-8-16(9-3-1)17-14-19-18-10-4-5-11-20(18)25-22-13-7-6-12-21(22)24(15-17)23(19)25;1-2-6-10(7-3-1)11-8-4-5-9-12-11;/h1-8,10-14H;1-6,8-9H;/q2*-1;+3. The molecule has 0 aliphatic carbocycles. The number of hydrogen-bond acceptors (Lipinski definition) is 1. The monoisotopic (exact) mass is 664 g/mol. The second kappa shape index (κ2) is 10.2. The van der Waals surface area contributed by atoms with Gasteiger partial charge in [-0.15, -0.1) is 48.0 Å². The van der Waals surface area contributed by atoms with Crippen molar-refractivity contribution in [3.63, 3.8) is 0 Å². The number of aromatic nitrogens is 3. The summed E-state index contributed by atoms with van der Waals surface area (Å²) < 4.78 is 4.54. The van der Waals surface area contributed by atoms with Gasteiger partial charge in [-0.25, -0.2) is 9.96 Å². The van der Waals surface area contributed by atoms with E-state index >= 15 is 0 Å². The Kier molecular flexibility index (Phi) is 6.43. The summed E-state index contributed by atoms with van der Waals surface area (Å²) in [6, 6.07) is 47.6. The van der Waals surface area contributed by atoms with Gasteiger partial charge >= 0.3 is 20.1 Å². The van der Waals surface area contributed by atoms with Crippen LogP contribution in [0.2, 0.25) is 0 Å². The normalized spacial score (nSPS) is 10.9. The fourth-order valence-corrected chi connectivity index (χ4v) is 5.00. The van der Waals surface area contributed by atoms with E-state index in [9.17, 15) is 0 Å². The molecule has 0 aliphatic rings. The van der Waals surface area contributed by atoms with E-state index in [-0.39, 0.29) is 20.1 Å². The van der Waals surface area contributed by atoms with Crippen molar-refractivity contribution >= 4 is 33.0 Å². The van der Waals surface area contributed by atoms with Crippen molar-refractivity contribution in [3.8, 4) is 22.4 Å². The van der Waals surface area contributed by atoms with Gasteiger partial charge in [0.05, 0.1) is 0 Å². The van der Waals surface area contributed by atoms with Crippen LogP contribution in [0.15, 0.2) is 128 Å². The van der Waals surface area contributed by atoms with E-state index in [1.165, 1.54) is 33.0 Å². The molecule has 4 aromatic carbocycles. The molecule has 0 saturated heterocycles. The molecule has 0 spiro atoms. The second-order valence-electron chi connectivity index (χ2n) is 8.85. The van der Waals surface area contributed by atoms with E-state index in [4.69, 9.17) is 0 Å². The Bertz CT molecular complexity index is 1840. The Morgan fingerprint density at radius 3 is 2.03 bits per heavy atom. The molecule has 0 aliphatic heterocycles. The summed E-state index contributed by atoms with van der Waals surface area (Å²) in [7, 11) is 0. The van der Waals surface area contributed by atoms with Gasteiger partial charge in [-0.05, 0) is 35.3 Å². The molecule has 8 aromatic rings. The largest absolute Gasteiger partial charge is 3.00 e. The summed E-state index contributed by atoms with van der Waals surface area (Å²) >= 11 is 0. The summed E-state index contributed by atoms with van der Waals surface area (Å²) in [5, 5.41) is 2.52. The van der Waals surface area contributed by atoms with E-state index < -0.39 is 0 Å². The van der Waals surface area contributed by atoms with Crippen LogP contribution in [0.4, 0.5) is 0 Å². The average Bonchev–Trinajstić information content (AvgIpc) is 3.51. The summed E-state index contributed by atoms with van der Waals surface area (Å²) in [5.41, 5.74) is 8.93. The molecule has 4 heterocycles. The van der Waals surface area contributed by atoms with E-state index in [0.29, 0.717) is 0 Å². The number of hydrogen-bond donors (Lipinski definition) is 0. The molecule has 8 rings (SSSR count). The third-order valence-corrected chi connectivity index (χ3v) is 6.63. The zero-order valence-corrected chi connectivity index (χ0v) is 22.7. The van der Waals surface area contributed by atoms with Crippen LogP contribution >= 0.6 is 0 Å². The van der Waals surface area contributed by atoms with Gasteiger partial charge < -0.3 is 4.98 Å². The number of nitrogens with zero attached hydrogens (tertiary/aromatic N) is 3. The van der Waals surface area contributed by atoms with Gasteiger partial charge in [-0.1, -0.05) is 42.5 Å². The molecule has 4 heteroatoms. The summed E-state index contributed by atoms with van der Waals surface area (Å²) in [4.78, 5) is 4.22. The third kappa shape index (κ3) is 4.05. The van der Waals surface area contributed by atoms with Crippen LogP contribution in [0.25, 0.3) is 55.4 Å². The molecule has 0 atom stereocenters. The number of pyridine rings is 2. The van der Waals surface area contributed by atoms with Crippen LogP contribution in [-0.4, -0.2) is 9.38 Å². The second-order valence-corrected chi connectivity index (χ2v) is 8.85. The minimum absolute atomic E-state index is 0. The average molecular weight is 664 g/mol. The molecule has 0 amide bonds. The quantitative estimate of drug-likeness (QED) is 0.141. The number of fused-ring (bicyclic) bond motifs is 6. The van der Waals surface area contributed by atoms with E-state index in [0.717, 1.165) is 22.4 Å². The molecule has 0 fully saturated rings. The Morgan fingerprint density at radius 1 is 0.605 bits per heavy atom. The molecule has 0 saturated carbocycles. The van der Waals surface area contributed by atoms with Crippen molar-refractivity contribution in [1.82, 2.24) is 9.38 Å². The third-order valence-electron chi connectivity index (χ3n) is 6.63. The van der Waals surface area contributed by atoms with Gasteiger partial charge in [0.1, 0.15) is 16.6 Å². The predicted octanol–water partition coefficient (Wildman–Crippen LogP) is 7.24. The molecular weight excluding hydrogens is 643 g/mol. The van der Waals surface area contributed by atoms with Crippen LogP contribution < -0.4 is 4.40 Å². The van der Waals surface area contributed by atoms with Crippen molar-refractivity contribution in [2.75, 3.05) is 0 Å². The van der Waals surface area contributed by atoms with Crippen molar-refractivity contribution in [2.24, 2.45) is 0 Å². The maximum absolute atomic E-state index is 4.22. The van der Waals surface area contributed by atoms with Crippen molar-refractivity contribution < 1.29 is 24.5 Å². The minimum atomic E-state index is 0. The number of para-hydroxylation sites is 3. The molecule has 4 aromatic heterocycles. The van der Waals surface area contributed by atoms with E-state index in [1.807, 2.05) is 60.7 Å². The zero-order valence-electron chi connectivity index (χ0n) is 20.3. The first-order valence-electron chi connectivity index (χ1n) is 12.2. The first-order chi connectivity index (χ1) is 18.4.